The molecule has 9 unspecified atom stereocenters. The highest BCUT2D eigenvalue weighted by atomic mass is 16.7. The van der Waals surface area contributed by atoms with Crippen molar-refractivity contribution in [2.24, 2.45) is 44.8 Å². The van der Waals surface area contributed by atoms with E-state index in [2.05, 4.69) is 34.6 Å². The van der Waals surface area contributed by atoms with Gasteiger partial charge in [0.25, 0.3) is 0 Å². The lowest BCUT2D eigenvalue weighted by Crippen LogP contribution is -2.64. The van der Waals surface area contributed by atoms with Crippen LogP contribution in [0.15, 0.2) is 0 Å². The van der Waals surface area contributed by atoms with Gasteiger partial charge in [-0.25, -0.2) is 0 Å². The topological polar surface area (TPSA) is 169 Å². The average Bonchev–Trinajstić information content (AvgIpc) is 3.31. The Bertz CT molecular complexity index is 1200. The maximum atomic E-state index is 12.2. The quantitative estimate of drug-likeness (QED) is 0.219. The summed E-state index contributed by atoms with van der Waals surface area (Å²) < 4.78 is 18.8. The van der Waals surface area contributed by atoms with Gasteiger partial charge in [0, 0.05) is 5.92 Å². The zero-order chi connectivity index (χ0) is 33.6. The highest BCUT2D eigenvalue weighted by Gasteiger charge is 2.85. The molecule has 0 radical (unpaired) electrons. The second-order valence-corrected chi connectivity index (χ2v) is 18.7. The molecule has 2 heterocycles. The molecule has 5 aliphatic carbocycles. The van der Waals surface area contributed by atoms with Crippen LogP contribution in [-0.2, 0) is 14.2 Å². The van der Waals surface area contributed by atoms with Crippen LogP contribution in [0.3, 0.4) is 0 Å². The molecule has 17 atom stereocenters. The van der Waals surface area contributed by atoms with Gasteiger partial charge in [0.15, 0.2) is 6.29 Å². The van der Waals surface area contributed by atoms with Gasteiger partial charge >= 0.3 is 0 Å². The van der Waals surface area contributed by atoms with Crippen molar-refractivity contribution in [1.82, 2.24) is 0 Å². The summed E-state index contributed by atoms with van der Waals surface area (Å²) in [4.78, 5) is 0. The Balaban J connectivity index is 1.15. The van der Waals surface area contributed by atoms with Gasteiger partial charge in [-0.15, -0.1) is 0 Å². The molecule has 7 rings (SSSR count). The summed E-state index contributed by atoms with van der Waals surface area (Å²) in [5.41, 5.74) is -2.26. The van der Waals surface area contributed by atoms with E-state index < -0.39 is 66.1 Å². The van der Waals surface area contributed by atoms with Crippen LogP contribution in [0.4, 0.5) is 0 Å². The van der Waals surface area contributed by atoms with Crippen LogP contribution >= 0.6 is 0 Å². The maximum Gasteiger partial charge on any atom is 0.186 e. The van der Waals surface area contributed by atoms with Crippen molar-refractivity contribution >= 4 is 0 Å². The standard InChI is InChI=1S/C36H60O10/c1-30(2)22(45-29-26(42)25(41)24(40)20(16-37)44-29)9-11-36-17-35(36)13-12-32(5)28(34(7)10-8-23(46-34)31(3,4)43)19(39)15-33(32,6)21(35)14-18(38)27(30)36/h18-29,37-43H,8-17H2,1-7H3/t18-,19-,20?,21?,22-,23-,24?,25?,26?,27?,28?,29?,32+,33-,34?,35-,36+/m0/s1. The second-order valence-electron chi connectivity index (χ2n) is 18.7. The lowest BCUT2D eigenvalue weighted by atomic mass is 9.41. The highest BCUT2D eigenvalue weighted by molar-refractivity contribution is 5.33. The fourth-order valence-corrected chi connectivity index (χ4v) is 13.7. The van der Waals surface area contributed by atoms with Crippen molar-refractivity contribution in [2.45, 2.75) is 173 Å². The molecule has 46 heavy (non-hydrogen) atoms. The molecule has 2 spiro atoms. The molecule has 264 valence electrons. The Kier molecular flexibility index (Phi) is 7.65. The minimum absolute atomic E-state index is 0.0295. The van der Waals surface area contributed by atoms with Crippen molar-refractivity contribution in [3.63, 3.8) is 0 Å². The van der Waals surface area contributed by atoms with E-state index in [1.165, 1.54) is 0 Å². The molecule has 10 heteroatoms. The molecule has 0 amide bonds. The van der Waals surface area contributed by atoms with E-state index in [9.17, 15) is 35.7 Å². The van der Waals surface area contributed by atoms with Gasteiger partial charge in [-0.2, -0.15) is 0 Å². The van der Waals surface area contributed by atoms with E-state index in [-0.39, 0.29) is 51.6 Å². The van der Waals surface area contributed by atoms with Gasteiger partial charge in [-0.05, 0) is 117 Å². The number of ether oxygens (including phenoxy) is 3. The monoisotopic (exact) mass is 652 g/mol. The Morgan fingerprint density at radius 1 is 0.783 bits per heavy atom. The summed E-state index contributed by atoms with van der Waals surface area (Å²) in [7, 11) is 0. The third kappa shape index (κ3) is 4.24. The van der Waals surface area contributed by atoms with Crippen LogP contribution in [0.25, 0.3) is 0 Å². The van der Waals surface area contributed by atoms with Crippen LogP contribution < -0.4 is 0 Å². The van der Waals surface area contributed by atoms with E-state index in [0.29, 0.717) is 19.3 Å². The summed E-state index contributed by atoms with van der Waals surface area (Å²) in [5.74, 6) is 0.176. The van der Waals surface area contributed by atoms with Gasteiger partial charge < -0.3 is 50.0 Å². The Morgan fingerprint density at radius 2 is 1.48 bits per heavy atom. The molecule has 7 aliphatic rings. The predicted molar refractivity (Wildman–Crippen MR) is 167 cm³/mol. The maximum absolute atomic E-state index is 12.2. The summed E-state index contributed by atoms with van der Waals surface area (Å²) in [6.45, 7) is 14.3. The molecule has 2 aliphatic heterocycles. The van der Waals surface area contributed by atoms with E-state index >= 15 is 0 Å². The molecule has 0 bridgehead atoms. The minimum atomic E-state index is -1.50. The average molecular weight is 653 g/mol. The Morgan fingerprint density at radius 3 is 2.11 bits per heavy atom. The number of aliphatic hydroxyl groups is 7. The van der Waals surface area contributed by atoms with Crippen LogP contribution in [-0.4, -0.2) is 109 Å². The van der Waals surface area contributed by atoms with Crippen molar-refractivity contribution < 1.29 is 50.0 Å². The van der Waals surface area contributed by atoms with Crippen LogP contribution in [0, 0.1) is 44.8 Å². The molecule has 7 N–H and O–H groups in total. The molecule has 7 fully saturated rings. The third-order valence-corrected chi connectivity index (χ3v) is 15.9. The van der Waals surface area contributed by atoms with Crippen molar-refractivity contribution in [3.8, 4) is 0 Å². The predicted octanol–water partition coefficient (Wildman–Crippen LogP) is 2.26. The van der Waals surface area contributed by atoms with Crippen LogP contribution in [0.2, 0.25) is 0 Å². The first-order valence-corrected chi connectivity index (χ1v) is 17.9. The molecule has 10 nitrogen and oxygen atoms in total. The van der Waals surface area contributed by atoms with Gasteiger partial charge in [-0.3, -0.25) is 0 Å². The van der Waals surface area contributed by atoms with Crippen molar-refractivity contribution in [2.75, 3.05) is 6.61 Å². The van der Waals surface area contributed by atoms with Crippen LogP contribution in [0.1, 0.15) is 106 Å². The van der Waals surface area contributed by atoms with Gasteiger partial charge in [0.05, 0.1) is 42.2 Å². The minimum Gasteiger partial charge on any atom is -0.394 e. The van der Waals surface area contributed by atoms with Gasteiger partial charge in [0.1, 0.15) is 24.4 Å². The number of hydrogen-bond donors (Lipinski definition) is 7. The fraction of sp³-hybridized carbons (Fsp3) is 1.00. The smallest absolute Gasteiger partial charge is 0.186 e. The first-order chi connectivity index (χ1) is 21.2. The zero-order valence-corrected chi connectivity index (χ0v) is 28.9. The van der Waals surface area contributed by atoms with Crippen molar-refractivity contribution in [3.05, 3.63) is 0 Å². The SMILES string of the molecule is CC1(C2[C@@H](O)C[C@@]3(C)C4C[C@H](O)C5C(C)(C)[C@@H](OC6OC(CO)C(O)C(O)C6O)CC[C@@]56C[C@@]46CC[C@]23C)CC[C@@H](C(C)(C)O)O1. The number of aliphatic hydroxyl groups excluding tert-OH is 6. The first kappa shape index (κ1) is 34.1. The van der Waals surface area contributed by atoms with Crippen LogP contribution in [0.5, 0.6) is 0 Å². The fourth-order valence-electron chi connectivity index (χ4n) is 13.7. The van der Waals surface area contributed by atoms with E-state index in [1.807, 2.05) is 13.8 Å². The van der Waals surface area contributed by atoms with Gasteiger partial charge in [0.2, 0.25) is 0 Å². The summed E-state index contributed by atoms with van der Waals surface area (Å²) >= 11 is 0. The second kappa shape index (κ2) is 10.3. The molecular formula is C36H60O10. The highest BCUT2D eigenvalue weighted by Crippen LogP contribution is 2.89. The molecular weight excluding hydrogens is 592 g/mol. The van der Waals surface area contributed by atoms with E-state index in [0.717, 1.165) is 38.5 Å². The lowest BCUT2D eigenvalue weighted by molar-refractivity contribution is -0.329. The summed E-state index contributed by atoms with van der Waals surface area (Å²) in [6, 6.07) is 0. The Hall–Kier alpha value is -0.400. The number of hydrogen-bond acceptors (Lipinski definition) is 10. The van der Waals surface area contributed by atoms with Crippen molar-refractivity contribution in [1.29, 1.82) is 0 Å². The molecule has 2 saturated heterocycles. The molecule has 0 aromatic rings. The van der Waals surface area contributed by atoms with E-state index in [1.54, 1.807) is 0 Å². The molecule has 0 aromatic carbocycles. The van der Waals surface area contributed by atoms with Gasteiger partial charge in [-0.1, -0.05) is 27.7 Å². The Labute approximate surface area is 273 Å². The molecule has 0 aromatic heterocycles. The number of fused-ring (bicyclic) bond motifs is 2. The summed E-state index contributed by atoms with van der Waals surface area (Å²) in [6.07, 6.45) is -0.708. The summed E-state index contributed by atoms with van der Waals surface area (Å²) in [5, 5.41) is 75.9. The molecule has 5 saturated carbocycles. The number of rotatable bonds is 5. The zero-order valence-electron chi connectivity index (χ0n) is 28.9. The third-order valence-electron chi connectivity index (χ3n) is 15.9. The van der Waals surface area contributed by atoms with E-state index in [4.69, 9.17) is 14.2 Å². The first-order valence-electron chi connectivity index (χ1n) is 17.9. The lowest BCUT2D eigenvalue weighted by Gasteiger charge is -2.64. The normalized spacial score (nSPS) is 59.3. The largest absolute Gasteiger partial charge is 0.394 e.